The summed E-state index contributed by atoms with van der Waals surface area (Å²) in [6, 6.07) is 25.6. The van der Waals surface area contributed by atoms with E-state index in [-0.39, 0.29) is 18.5 Å². The summed E-state index contributed by atoms with van der Waals surface area (Å²) in [7, 11) is 0. The van der Waals surface area contributed by atoms with Crippen LogP contribution in [0.3, 0.4) is 0 Å². The number of aryl methyl sites for hydroxylation is 1. The quantitative estimate of drug-likeness (QED) is 0.205. The summed E-state index contributed by atoms with van der Waals surface area (Å²) in [6.45, 7) is 2.29. The molecule has 1 saturated carbocycles. The first-order chi connectivity index (χ1) is 19.0. The number of amides is 1. The van der Waals surface area contributed by atoms with Crippen LogP contribution < -0.4 is 0 Å². The molecule has 2 heterocycles. The molecule has 0 spiro atoms. The third-order valence-electron chi connectivity index (χ3n) is 6.64. The van der Waals surface area contributed by atoms with E-state index >= 15 is 0 Å². The molecule has 0 saturated heterocycles. The fraction of sp³-hybridized carbons (Fsp3) is 0.161. The van der Waals surface area contributed by atoms with Gasteiger partial charge in [-0.1, -0.05) is 71.8 Å². The van der Waals surface area contributed by atoms with Crippen molar-refractivity contribution in [2.75, 3.05) is 0 Å². The van der Waals surface area contributed by atoms with Gasteiger partial charge in [-0.15, -0.1) is 10.2 Å². The van der Waals surface area contributed by atoms with Crippen LogP contribution in [0.4, 0.5) is 0 Å². The molecular formula is C31H26ClN5O2. The van der Waals surface area contributed by atoms with Crippen LogP contribution >= 0.6 is 11.6 Å². The maximum atomic E-state index is 13.4. The van der Waals surface area contributed by atoms with Crippen molar-refractivity contribution in [2.24, 2.45) is 0 Å². The number of hydrogen-bond donors (Lipinski definition) is 0. The summed E-state index contributed by atoms with van der Waals surface area (Å²) in [4.78, 5) is 15.2. The molecule has 1 aliphatic carbocycles. The predicted molar refractivity (Wildman–Crippen MR) is 151 cm³/mol. The van der Waals surface area contributed by atoms with Crippen molar-refractivity contribution in [3.63, 3.8) is 0 Å². The van der Waals surface area contributed by atoms with Crippen molar-refractivity contribution >= 4 is 23.6 Å². The van der Waals surface area contributed by atoms with Crippen molar-refractivity contribution in [3.05, 3.63) is 113 Å². The fourth-order valence-electron chi connectivity index (χ4n) is 4.39. The highest BCUT2D eigenvalue weighted by atomic mass is 35.5. The minimum absolute atomic E-state index is 0.114. The average Bonchev–Trinajstić information content (AvgIpc) is 3.54. The van der Waals surface area contributed by atoms with Crippen LogP contribution in [0.2, 0.25) is 5.02 Å². The van der Waals surface area contributed by atoms with Crippen LogP contribution in [0, 0.1) is 6.92 Å². The van der Waals surface area contributed by atoms with Gasteiger partial charge in [-0.2, -0.15) is 5.10 Å². The molecule has 0 unspecified atom stereocenters. The van der Waals surface area contributed by atoms with Crippen LogP contribution in [-0.4, -0.2) is 36.8 Å². The van der Waals surface area contributed by atoms with Gasteiger partial charge in [0.05, 0.1) is 28.5 Å². The van der Waals surface area contributed by atoms with Crippen LogP contribution in [-0.2, 0) is 11.3 Å². The van der Waals surface area contributed by atoms with Gasteiger partial charge in [0.25, 0.3) is 0 Å². The second-order valence-corrected chi connectivity index (χ2v) is 10.00. The lowest BCUT2D eigenvalue weighted by molar-refractivity contribution is -0.127. The molecule has 8 heteroatoms. The predicted octanol–water partition coefficient (Wildman–Crippen LogP) is 6.76. The number of nitrogens with zero attached hydrogens (tertiary/aromatic N) is 5. The Morgan fingerprint density at radius 1 is 1.03 bits per heavy atom. The number of halogens is 1. The van der Waals surface area contributed by atoms with Crippen LogP contribution in [0.5, 0.6) is 0 Å². The molecule has 3 aromatic carbocycles. The van der Waals surface area contributed by atoms with E-state index in [9.17, 15) is 4.79 Å². The Hall–Kier alpha value is -4.49. The lowest BCUT2D eigenvalue weighted by atomic mass is 10.1. The number of rotatable bonds is 8. The van der Waals surface area contributed by atoms with Gasteiger partial charge in [0.1, 0.15) is 0 Å². The number of para-hydroxylation sites is 1. The second kappa shape index (κ2) is 10.7. The van der Waals surface area contributed by atoms with E-state index in [1.54, 1.807) is 17.0 Å². The first kappa shape index (κ1) is 24.8. The van der Waals surface area contributed by atoms with E-state index in [4.69, 9.17) is 21.1 Å². The van der Waals surface area contributed by atoms with Gasteiger partial charge in [-0.25, -0.2) is 4.68 Å². The lowest BCUT2D eigenvalue weighted by Gasteiger charge is -2.18. The number of aromatic nitrogens is 4. The molecule has 0 atom stereocenters. The molecule has 39 heavy (non-hydrogen) atoms. The lowest BCUT2D eigenvalue weighted by Crippen LogP contribution is -2.31. The molecule has 1 amide bonds. The minimum atomic E-state index is -0.114. The molecule has 1 fully saturated rings. The average molecular weight is 536 g/mol. The first-order valence-corrected chi connectivity index (χ1v) is 13.2. The van der Waals surface area contributed by atoms with Gasteiger partial charge < -0.3 is 9.32 Å². The smallest absolute Gasteiger partial charge is 0.249 e. The second-order valence-electron chi connectivity index (χ2n) is 9.59. The third-order valence-corrected chi connectivity index (χ3v) is 6.97. The Morgan fingerprint density at radius 2 is 1.77 bits per heavy atom. The molecule has 6 rings (SSSR count). The summed E-state index contributed by atoms with van der Waals surface area (Å²) in [6.07, 6.45) is 7.29. The van der Waals surface area contributed by atoms with E-state index in [1.807, 2.05) is 65.5 Å². The highest BCUT2D eigenvalue weighted by Crippen LogP contribution is 2.31. The SMILES string of the molecule is Cc1ccc(-c2nn(-c3ccccc3)cc2/C=C/C(=O)N(Cc2nnc(-c3ccccc3Cl)o2)C2CC2)cc1. The maximum absolute atomic E-state index is 13.4. The van der Waals surface area contributed by atoms with E-state index < -0.39 is 0 Å². The summed E-state index contributed by atoms with van der Waals surface area (Å²) < 4.78 is 7.71. The maximum Gasteiger partial charge on any atom is 0.249 e. The molecule has 0 bridgehead atoms. The van der Waals surface area contributed by atoms with Crippen LogP contribution in [0.25, 0.3) is 34.5 Å². The monoisotopic (exact) mass is 535 g/mol. The van der Waals surface area contributed by atoms with Crippen LogP contribution in [0.15, 0.2) is 95.6 Å². The molecular weight excluding hydrogens is 510 g/mol. The number of carbonyl (C=O) groups is 1. The van der Waals surface area contributed by atoms with E-state index in [0.717, 1.165) is 35.3 Å². The molecule has 1 aliphatic rings. The van der Waals surface area contributed by atoms with Gasteiger partial charge in [0.2, 0.25) is 17.7 Å². The summed E-state index contributed by atoms with van der Waals surface area (Å²) in [5.74, 6) is 0.596. The van der Waals surface area contributed by atoms with Crippen molar-refractivity contribution in [3.8, 4) is 28.4 Å². The van der Waals surface area contributed by atoms with E-state index in [1.165, 1.54) is 5.56 Å². The largest absolute Gasteiger partial charge is 0.419 e. The summed E-state index contributed by atoms with van der Waals surface area (Å²) in [5.41, 5.74) is 5.43. The highest BCUT2D eigenvalue weighted by molar-refractivity contribution is 6.33. The molecule has 7 nitrogen and oxygen atoms in total. The van der Waals surface area contributed by atoms with Crippen molar-refractivity contribution in [1.29, 1.82) is 0 Å². The third kappa shape index (κ3) is 5.54. The number of benzene rings is 3. The first-order valence-electron chi connectivity index (χ1n) is 12.8. The zero-order valence-electron chi connectivity index (χ0n) is 21.4. The highest BCUT2D eigenvalue weighted by Gasteiger charge is 2.33. The van der Waals surface area contributed by atoms with Crippen molar-refractivity contribution < 1.29 is 9.21 Å². The minimum Gasteiger partial charge on any atom is -0.419 e. The Bertz CT molecular complexity index is 1640. The Kier molecular flexibility index (Phi) is 6.82. The molecule has 0 aliphatic heterocycles. The molecule has 0 N–H and O–H groups in total. The van der Waals surface area contributed by atoms with Crippen molar-refractivity contribution in [1.82, 2.24) is 24.9 Å². The van der Waals surface area contributed by atoms with E-state index in [0.29, 0.717) is 22.4 Å². The standard InChI is InChI=1S/C31H26ClN5O2/c1-21-11-13-22(14-12-21)30-23(19-37(35-30)25-7-3-2-4-8-25)15-18-29(38)36(24-16-17-24)20-28-33-34-31(39-28)26-9-5-6-10-27(26)32/h2-15,18-19,24H,16-17,20H2,1H3/b18-15+. The summed E-state index contributed by atoms with van der Waals surface area (Å²) in [5, 5.41) is 13.7. The van der Waals surface area contributed by atoms with Gasteiger partial charge in [-0.05, 0) is 50.1 Å². The zero-order valence-corrected chi connectivity index (χ0v) is 22.1. The van der Waals surface area contributed by atoms with E-state index in [2.05, 4.69) is 41.4 Å². The number of hydrogen-bond acceptors (Lipinski definition) is 5. The zero-order chi connectivity index (χ0) is 26.8. The Balaban J connectivity index is 1.26. The van der Waals surface area contributed by atoms with Gasteiger partial charge in [0.15, 0.2) is 0 Å². The van der Waals surface area contributed by atoms with Gasteiger partial charge in [-0.3, -0.25) is 4.79 Å². The Morgan fingerprint density at radius 3 is 2.51 bits per heavy atom. The molecule has 5 aromatic rings. The molecule has 0 radical (unpaired) electrons. The molecule has 194 valence electrons. The fourth-order valence-corrected chi connectivity index (χ4v) is 4.61. The normalized spacial score (nSPS) is 13.2. The molecule has 2 aromatic heterocycles. The van der Waals surface area contributed by atoms with Gasteiger partial charge in [0, 0.05) is 29.4 Å². The topological polar surface area (TPSA) is 77.1 Å². The Labute approximate surface area is 231 Å². The summed E-state index contributed by atoms with van der Waals surface area (Å²) >= 11 is 6.28. The van der Waals surface area contributed by atoms with Gasteiger partial charge >= 0.3 is 0 Å². The number of carbonyl (C=O) groups excluding carboxylic acids is 1. The van der Waals surface area contributed by atoms with Crippen LogP contribution in [0.1, 0.15) is 29.9 Å². The van der Waals surface area contributed by atoms with Crippen molar-refractivity contribution in [2.45, 2.75) is 32.4 Å².